The summed E-state index contributed by atoms with van der Waals surface area (Å²) in [6.07, 6.45) is 8.07. The van der Waals surface area contributed by atoms with Gasteiger partial charge in [0.2, 0.25) is 5.91 Å². The molecule has 20 heavy (non-hydrogen) atoms. The molecule has 1 amide bonds. The molecule has 0 saturated heterocycles. The van der Waals surface area contributed by atoms with E-state index in [0.717, 1.165) is 13.0 Å². The van der Waals surface area contributed by atoms with E-state index in [0.29, 0.717) is 19.0 Å². The van der Waals surface area contributed by atoms with Gasteiger partial charge in [0.05, 0.1) is 11.8 Å². The standard InChI is InChI=1S/C15H26N2O3/c1-17(11-6-3-2-4-7-11)9-5-8-16-14(18)12-10-13(12)15(19)20/h11-13H,2-10H2,1H3,(H,16,18)(H,19,20)/t12-,13+/m1/s1. The molecule has 0 radical (unpaired) electrons. The smallest absolute Gasteiger partial charge is 0.307 e. The summed E-state index contributed by atoms with van der Waals surface area (Å²) in [6.45, 7) is 1.65. The molecule has 5 nitrogen and oxygen atoms in total. The summed E-state index contributed by atoms with van der Waals surface area (Å²) >= 11 is 0. The molecule has 0 aliphatic heterocycles. The Morgan fingerprint density at radius 1 is 1.20 bits per heavy atom. The molecule has 0 heterocycles. The van der Waals surface area contributed by atoms with Gasteiger partial charge in [-0.2, -0.15) is 0 Å². The van der Waals surface area contributed by atoms with Gasteiger partial charge in [-0.3, -0.25) is 9.59 Å². The molecule has 2 N–H and O–H groups in total. The molecule has 0 aromatic heterocycles. The van der Waals surface area contributed by atoms with Crippen molar-refractivity contribution in [3.05, 3.63) is 0 Å². The van der Waals surface area contributed by atoms with Gasteiger partial charge in [-0.25, -0.2) is 0 Å². The minimum absolute atomic E-state index is 0.0854. The number of rotatable bonds is 7. The fourth-order valence-electron chi connectivity index (χ4n) is 3.13. The third-order valence-electron chi connectivity index (χ3n) is 4.63. The molecular formula is C15H26N2O3. The van der Waals surface area contributed by atoms with E-state index in [4.69, 9.17) is 5.11 Å². The number of carbonyl (C=O) groups excluding carboxylic acids is 1. The summed E-state index contributed by atoms with van der Waals surface area (Å²) in [5.74, 6) is -1.66. The molecule has 2 rings (SSSR count). The monoisotopic (exact) mass is 282 g/mol. The van der Waals surface area contributed by atoms with Crippen molar-refractivity contribution < 1.29 is 14.7 Å². The van der Waals surface area contributed by atoms with Gasteiger partial charge >= 0.3 is 5.97 Å². The number of carboxylic acids is 1. The summed E-state index contributed by atoms with van der Waals surface area (Å²) in [7, 11) is 2.17. The Balaban J connectivity index is 1.55. The predicted octanol–water partition coefficient (Wildman–Crippen LogP) is 1.48. The van der Waals surface area contributed by atoms with Crippen LogP contribution < -0.4 is 5.32 Å². The van der Waals surface area contributed by atoms with Crippen LogP contribution in [-0.4, -0.2) is 48.1 Å². The van der Waals surface area contributed by atoms with E-state index < -0.39 is 11.9 Å². The Morgan fingerprint density at radius 2 is 1.90 bits per heavy atom. The SMILES string of the molecule is CN(CCCNC(=O)[C@@H]1C[C@@H]1C(=O)O)C1CCCCC1. The molecule has 2 aliphatic carbocycles. The van der Waals surface area contributed by atoms with E-state index in [1.807, 2.05) is 0 Å². The van der Waals surface area contributed by atoms with Crippen molar-refractivity contribution in [1.82, 2.24) is 10.2 Å². The van der Waals surface area contributed by atoms with E-state index in [1.165, 1.54) is 32.1 Å². The number of hydrogen-bond acceptors (Lipinski definition) is 3. The highest BCUT2D eigenvalue weighted by Crippen LogP contribution is 2.38. The van der Waals surface area contributed by atoms with Crippen molar-refractivity contribution in [2.24, 2.45) is 11.8 Å². The Bertz CT molecular complexity index is 353. The zero-order valence-electron chi connectivity index (χ0n) is 12.3. The average Bonchev–Trinajstić information content (AvgIpc) is 3.24. The second-order valence-corrected chi connectivity index (χ2v) is 6.20. The van der Waals surface area contributed by atoms with Gasteiger partial charge in [-0.05, 0) is 39.3 Å². The second-order valence-electron chi connectivity index (χ2n) is 6.20. The van der Waals surface area contributed by atoms with Crippen LogP contribution in [0.2, 0.25) is 0 Å². The lowest BCUT2D eigenvalue weighted by molar-refractivity contribution is -0.140. The first-order valence-corrected chi connectivity index (χ1v) is 7.80. The molecule has 0 aromatic rings. The second kappa shape index (κ2) is 7.07. The van der Waals surface area contributed by atoms with Gasteiger partial charge in [-0.1, -0.05) is 19.3 Å². The minimum Gasteiger partial charge on any atom is -0.481 e. The van der Waals surface area contributed by atoms with Gasteiger partial charge in [0.1, 0.15) is 0 Å². The maximum absolute atomic E-state index is 11.7. The van der Waals surface area contributed by atoms with Crippen LogP contribution in [-0.2, 0) is 9.59 Å². The highest BCUT2D eigenvalue weighted by molar-refractivity contribution is 5.89. The van der Waals surface area contributed by atoms with Crippen LogP contribution >= 0.6 is 0 Å². The van der Waals surface area contributed by atoms with Gasteiger partial charge < -0.3 is 15.3 Å². The fourth-order valence-corrected chi connectivity index (χ4v) is 3.13. The molecule has 0 spiro atoms. The predicted molar refractivity (Wildman–Crippen MR) is 76.4 cm³/mol. The van der Waals surface area contributed by atoms with Crippen molar-refractivity contribution in [3.8, 4) is 0 Å². The first-order valence-electron chi connectivity index (χ1n) is 7.80. The van der Waals surface area contributed by atoms with Crippen LogP contribution in [0, 0.1) is 11.8 Å². The number of aliphatic carboxylic acids is 1. The number of nitrogens with one attached hydrogen (secondary N) is 1. The van der Waals surface area contributed by atoms with Crippen LogP contribution in [0.1, 0.15) is 44.9 Å². The fraction of sp³-hybridized carbons (Fsp3) is 0.867. The molecule has 0 bridgehead atoms. The van der Waals surface area contributed by atoms with Crippen LogP contribution in [0.4, 0.5) is 0 Å². The summed E-state index contributed by atoms with van der Waals surface area (Å²) < 4.78 is 0. The highest BCUT2D eigenvalue weighted by Gasteiger charge is 2.48. The van der Waals surface area contributed by atoms with E-state index >= 15 is 0 Å². The summed E-state index contributed by atoms with van der Waals surface area (Å²) in [5, 5.41) is 11.6. The van der Waals surface area contributed by atoms with E-state index in [2.05, 4.69) is 17.3 Å². The average molecular weight is 282 g/mol. The van der Waals surface area contributed by atoms with E-state index in [-0.39, 0.29) is 11.8 Å². The number of hydrogen-bond donors (Lipinski definition) is 2. The van der Waals surface area contributed by atoms with Crippen LogP contribution in [0.25, 0.3) is 0 Å². The summed E-state index contributed by atoms with van der Waals surface area (Å²) in [4.78, 5) is 24.8. The Kier molecular flexibility index (Phi) is 5.40. The Labute approximate surface area is 120 Å². The van der Waals surface area contributed by atoms with Crippen molar-refractivity contribution >= 4 is 11.9 Å². The summed E-state index contributed by atoms with van der Waals surface area (Å²) in [6, 6.07) is 0.708. The zero-order valence-corrected chi connectivity index (χ0v) is 12.3. The van der Waals surface area contributed by atoms with Crippen LogP contribution in [0.3, 0.4) is 0 Å². The zero-order chi connectivity index (χ0) is 14.5. The molecular weight excluding hydrogens is 256 g/mol. The number of carbonyl (C=O) groups is 2. The maximum Gasteiger partial charge on any atom is 0.307 e. The first-order chi connectivity index (χ1) is 9.59. The third kappa shape index (κ3) is 4.20. The van der Waals surface area contributed by atoms with Crippen molar-refractivity contribution in [3.63, 3.8) is 0 Å². The minimum atomic E-state index is -0.845. The largest absolute Gasteiger partial charge is 0.481 e. The van der Waals surface area contributed by atoms with Gasteiger partial charge in [0.15, 0.2) is 0 Å². The van der Waals surface area contributed by atoms with Crippen molar-refractivity contribution in [2.75, 3.05) is 20.1 Å². The molecule has 5 heteroatoms. The third-order valence-corrected chi connectivity index (χ3v) is 4.63. The lowest BCUT2D eigenvalue weighted by Crippen LogP contribution is -2.36. The number of amides is 1. The van der Waals surface area contributed by atoms with Gasteiger partial charge in [0, 0.05) is 12.6 Å². The van der Waals surface area contributed by atoms with Crippen LogP contribution in [0.15, 0.2) is 0 Å². The van der Waals surface area contributed by atoms with Crippen molar-refractivity contribution in [1.29, 1.82) is 0 Å². The normalized spacial score (nSPS) is 26.5. The molecule has 2 fully saturated rings. The Hall–Kier alpha value is -1.10. The number of carboxylic acid groups (broad SMARTS) is 1. The Morgan fingerprint density at radius 3 is 2.50 bits per heavy atom. The first kappa shape index (κ1) is 15.3. The lowest BCUT2D eigenvalue weighted by Gasteiger charge is -2.31. The number of nitrogens with zero attached hydrogens (tertiary/aromatic N) is 1. The lowest BCUT2D eigenvalue weighted by atomic mass is 9.94. The quantitative estimate of drug-likeness (QED) is 0.694. The molecule has 0 aromatic carbocycles. The summed E-state index contributed by atoms with van der Waals surface area (Å²) in [5.41, 5.74) is 0. The van der Waals surface area contributed by atoms with Crippen molar-refractivity contribution in [2.45, 2.75) is 51.0 Å². The molecule has 2 atom stereocenters. The van der Waals surface area contributed by atoms with Gasteiger partial charge in [0.25, 0.3) is 0 Å². The topological polar surface area (TPSA) is 69.6 Å². The van der Waals surface area contributed by atoms with E-state index in [1.54, 1.807) is 0 Å². The molecule has 0 unspecified atom stereocenters. The molecule has 2 saturated carbocycles. The molecule has 114 valence electrons. The van der Waals surface area contributed by atoms with Crippen LogP contribution in [0.5, 0.6) is 0 Å². The molecule has 2 aliphatic rings. The highest BCUT2D eigenvalue weighted by atomic mass is 16.4. The maximum atomic E-state index is 11.7. The van der Waals surface area contributed by atoms with E-state index in [9.17, 15) is 9.59 Å². The van der Waals surface area contributed by atoms with Gasteiger partial charge in [-0.15, -0.1) is 0 Å².